The molecule has 2 aromatic carbocycles. The highest BCUT2D eigenvalue weighted by atomic mass is 35.5. The molecule has 1 aliphatic rings. The molecule has 0 bridgehead atoms. The summed E-state index contributed by atoms with van der Waals surface area (Å²) in [4.78, 5) is 12.6. The Morgan fingerprint density at radius 1 is 1.24 bits per heavy atom. The number of allylic oxidation sites excluding steroid dienone is 1. The van der Waals surface area contributed by atoms with Crippen LogP contribution in [0.5, 0.6) is 11.5 Å². The lowest BCUT2D eigenvalue weighted by atomic mass is 10.1. The van der Waals surface area contributed by atoms with Crippen molar-refractivity contribution in [2.75, 3.05) is 6.61 Å². The predicted octanol–water partition coefficient (Wildman–Crippen LogP) is 5.87. The van der Waals surface area contributed by atoms with Gasteiger partial charge in [-0.2, -0.15) is 0 Å². The molecule has 128 valence electrons. The van der Waals surface area contributed by atoms with E-state index in [1.807, 2.05) is 13.8 Å². The minimum atomic E-state index is -0.208. The van der Waals surface area contributed by atoms with Crippen molar-refractivity contribution >= 4 is 35.1 Å². The first-order chi connectivity index (χ1) is 11.9. The largest absolute Gasteiger partial charge is 0.489 e. The molecule has 1 heterocycles. The Morgan fingerprint density at radius 2 is 1.92 bits per heavy atom. The van der Waals surface area contributed by atoms with E-state index in [4.69, 9.17) is 32.7 Å². The number of Topliss-reactive ketones (excluding diaryl/α,β-unsaturated/α-hetero) is 1. The van der Waals surface area contributed by atoms with Crippen LogP contribution < -0.4 is 9.47 Å². The second kappa shape index (κ2) is 6.95. The van der Waals surface area contributed by atoms with Crippen molar-refractivity contribution in [3.63, 3.8) is 0 Å². The molecule has 2 aromatic rings. The van der Waals surface area contributed by atoms with Crippen LogP contribution in [0, 0.1) is 6.92 Å². The van der Waals surface area contributed by atoms with Crippen LogP contribution in [0.3, 0.4) is 0 Å². The van der Waals surface area contributed by atoms with Gasteiger partial charge in [0, 0.05) is 21.2 Å². The van der Waals surface area contributed by atoms with Gasteiger partial charge < -0.3 is 9.47 Å². The van der Waals surface area contributed by atoms with Gasteiger partial charge in [0.05, 0.1) is 5.56 Å². The average molecular weight is 375 g/mol. The number of hydrogen-bond donors (Lipinski definition) is 0. The summed E-state index contributed by atoms with van der Waals surface area (Å²) < 4.78 is 11.5. The van der Waals surface area contributed by atoms with E-state index in [1.165, 1.54) is 0 Å². The summed E-state index contributed by atoms with van der Waals surface area (Å²) in [6.45, 7) is 7.96. The topological polar surface area (TPSA) is 35.5 Å². The molecule has 0 aromatic heterocycles. The Kier molecular flexibility index (Phi) is 4.89. The van der Waals surface area contributed by atoms with E-state index in [0.29, 0.717) is 39.3 Å². The summed E-state index contributed by atoms with van der Waals surface area (Å²) in [5, 5.41) is 0.907. The molecule has 5 heteroatoms. The van der Waals surface area contributed by atoms with Crippen molar-refractivity contribution in [2.24, 2.45) is 0 Å². The summed E-state index contributed by atoms with van der Waals surface area (Å²) in [7, 11) is 0. The second-order valence-electron chi connectivity index (χ2n) is 5.89. The van der Waals surface area contributed by atoms with Crippen molar-refractivity contribution in [3.8, 4) is 11.5 Å². The minimum absolute atomic E-state index is 0.185. The van der Waals surface area contributed by atoms with Crippen LogP contribution in [-0.2, 0) is 0 Å². The van der Waals surface area contributed by atoms with Gasteiger partial charge in [-0.3, -0.25) is 4.79 Å². The third kappa shape index (κ3) is 3.44. The van der Waals surface area contributed by atoms with Gasteiger partial charge in [0.1, 0.15) is 18.1 Å². The van der Waals surface area contributed by atoms with Gasteiger partial charge >= 0.3 is 0 Å². The number of carbonyl (C=O) groups excluding carboxylic acids is 1. The molecule has 0 saturated carbocycles. The molecule has 0 N–H and O–H groups in total. The van der Waals surface area contributed by atoms with Gasteiger partial charge in [0.15, 0.2) is 5.76 Å². The van der Waals surface area contributed by atoms with E-state index in [-0.39, 0.29) is 11.5 Å². The lowest BCUT2D eigenvalue weighted by molar-refractivity contribution is 0.101. The monoisotopic (exact) mass is 374 g/mol. The van der Waals surface area contributed by atoms with Crippen LogP contribution in [0.1, 0.15) is 28.4 Å². The molecule has 25 heavy (non-hydrogen) atoms. The highest BCUT2D eigenvalue weighted by Crippen LogP contribution is 2.40. The zero-order valence-corrected chi connectivity index (χ0v) is 15.4. The zero-order chi connectivity index (χ0) is 18.1. The van der Waals surface area contributed by atoms with Gasteiger partial charge in [-0.15, -0.1) is 0 Å². The van der Waals surface area contributed by atoms with E-state index in [9.17, 15) is 4.79 Å². The maximum atomic E-state index is 12.6. The van der Waals surface area contributed by atoms with Crippen LogP contribution in [0.25, 0.3) is 6.08 Å². The Bertz CT molecular complexity index is 893. The summed E-state index contributed by atoms with van der Waals surface area (Å²) >= 11 is 12.3. The average Bonchev–Trinajstić information content (AvgIpc) is 2.87. The quantitative estimate of drug-likeness (QED) is 0.495. The van der Waals surface area contributed by atoms with Gasteiger partial charge in [0.2, 0.25) is 5.78 Å². The molecule has 0 atom stereocenters. The maximum absolute atomic E-state index is 12.6. The van der Waals surface area contributed by atoms with Crippen LogP contribution in [-0.4, -0.2) is 12.4 Å². The highest BCUT2D eigenvalue weighted by molar-refractivity contribution is 6.37. The number of halogens is 2. The Labute approximate surface area is 156 Å². The number of carbonyl (C=O) groups is 1. The molecule has 3 rings (SSSR count). The first kappa shape index (κ1) is 17.6. The Hall–Kier alpha value is -2.23. The summed E-state index contributed by atoms with van der Waals surface area (Å²) in [6, 6.07) is 8.63. The first-order valence-corrected chi connectivity index (χ1v) is 8.43. The van der Waals surface area contributed by atoms with Crippen LogP contribution in [0.15, 0.2) is 48.2 Å². The van der Waals surface area contributed by atoms with Crippen molar-refractivity contribution < 1.29 is 14.3 Å². The van der Waals surface area contributed by atoms with Crippen molar-refractivity contribution in [1.82, 2.24) is 0 Å². The van der Waals surface area contributed by atoms with Crippen LogP contribution in [0.4, 0.5) is 0 Å². The van der Waals surface area contributed by atoms with E-state index in [0.717, 1.165) is 11.1 Å². The first-order valence-electron chi connectivity index (χ1n) is 7.67. The van der Waals surface area contributed by atoms with E-state index in [1.54, 1.807) is 36.4 Å². The fraction of sp³-hybridized carbons (Fsp3) is 0.150. The molecular weight excluding hydrogens is 359 g/mol. The molecule has 1 aliphatic heterocycles. The third-order valence-electron chi connectivity index (χ3n) is 3.79. The minimum Gasteiger partial charge on any atom is -0.489 e. The Morgan fingerprint density at radius 3 is 2.56 bits per heavy atom. The van der Waals surface area contributed by atoms with Gasteiger partial charge in [-0.05, 0) is 49.8 Å². The molecule has 0 saturated heterocycles. The molecule has 0 fully saturated rings. The summed E-state index contributed by atoms with van der Waals surface area (Å²) in [5.41, 5.74) is 2.72. The second-order valence-corrected chi connectivity index (χ2v) is 6.70. The van der Waals surface area contributed by atoms with Gasteiger partial charge in [-0.25, -0.2) is 0 Å². The highest BCUT2D eigenvalue weighted by Gasteiger charge is 2.30. The van der Waals surface area contributed by atoms with Crippen molar-refractivity contribution in [3.05, 3.63) is 75.0 Å². The predicted molar refractivity (Wildman–Crippen MR) is 101 cm³/mol. The number of ether oxygens (including phenoxy) is 2. The molecule has 0 amide bonds. The maximum Gasteiger partial charge on any atom is 0.231 e. The molecule has 0 aliphatic carbocycles. The molecule has 0 radical (unpaired) electrons. The Balaban J connectivity index is 1.97. The molecule has 3 nitrogen and oxygen atoms in total. The molecule has 0 spiro atoms. The van der Waals surface area contributed by atoms with Crippen LogP contribution >= 0.6 is 23.2 Å². The number of fused-ring (bicyclic) bond motifs is 1. The molecule has 0 unspecified atom stereocenters. The SMILES string of the molecule is C=C(C)COc1ccc2c(c1C)O/C(=C\c1c(Cl)cccc1Cl)C2=O. The standard InChI is InChI=1S/C20H16Cl2O3/c1-11(2)10-24-17-8-7-13-19(23)18(25-20(13)12(17)3)9-14-15(21)5-4-6-16(14)22/h4-9H,1,10H2,2-3H3/b18-9-. The number of benzene rings is 2. The van der Waals surface area contributed by atoms with Gasteiger partial charge in [0.25, 0.3) is 0 Å². The van der Waals surface area contributed by atoms with Gasteiger partial charge in [-0.1, -0.05) is 35.8 Å². The number of hydrogen-bond acceptors (Lipinski definition) is 3. The lowest BCUT2D eigenvalue weighted by Crippen LogP contribution is -2.00. The lowest BCUT2D eigenvalue weighted by Gasteiger charge is -2.11. The fourth-order valence-corrected chi connectivity index (χ4v) is 3.01. The molecular formula is C20H16Cl2O3. The zero-order valence-electron chi connectivity index (χ0n) is 13.9. The normalized spacial score (nSPS) is 14.4. The van der Waals surface area contributed by atoms with E-state index in [2.05, 4.69) is 6.58 Å². The number of ketones is 1. The van der Waals surface area contributed by atoms with Crippen molar-refractivity contribution in [2.45, 2.75) is 13.8 Å². The third-order valence-corrected chi connectivity index (χ3v) is 4.45. The fourth-order valence-electron chi connectivity index (χ4n) is 2.50. The van der Waals surface area contributed by atoms with E-state index >= 15 is 0 Å². The van der Waals surface area contributed by atoms with Crippen molar-refractivity contribution in [1.29, 1.82) is 0 Å². The van der Waals surface area contributed by atoms with Crippen LogP contribution in [0.2, 0.25) is 10.0 Å². The summed E-state index contributed by atoms with van der Waals surface area (Å²) in [6.07, 6.45) is 1.57. The smallest absolute Gasteiger partial charge is 0.231 e. The number of rotatable bonds is 4. The van der Waals surface area contributed by atoms with E-state index < -0.39 is 0 Å². The summed E-state index contributed by atoms with van der Waals surface area (Å²) in [5.74, 6) is 1.14.